The van der Waals surface area contributed by atoms with Crippen LogP contribution in [0.1, 0.15) is 40.3 Å². The second kappa shape index (κ2) is 8.02. The van der Waals surface area contributed by atoms with Crippen LogP contribution in [0.4, 0.5) is 0 Å². The van der Waals surface area contributed by atoms with Crippen LogP contribution in [0, 0.1) is 13.8 Å². The van der Waals surface area contributed by atoms with Crippen LogP contribution in [0.25, 0.3) is 22.1 Å². The maximum atomic E-state index is 13.6. The molecular formula is C26H23N5O2. The molecule has 0 saturated carbocycles. The average molecular weight is 438 g/mol. The van der Waals surface area contributed by atoms with Gasteiger partial charge in [0.25, 0.3) is 11.5 Å². The topological polar surface area (TPSA) is 81.3 Å². The fourth-order valence-electron chi connectivity index (χ4n) is 4.28. The smallest absolute Gasteiger partial charge is 0.263 e. The molecule has 164 valence electrons. The van der Waals surface area contributed by atoms with Gasteiger partial charge in [-0.3, -0.25) is 14.2 Å². The Bertz CT molecular complexity index is 1570. The first-order valence-corrected chi connectivity index (χ1v) is 10.8. The van der Waals surface area contributed by atoms with Gasteiger partial charge in [0.05, 0.1) is 11.7 Å². The van der Waals surface area contributed by atoms with E-state index in [4.69, 9.17) is 0 Å². The largest absolute Gasteiger partial charge is 0.344 e. The average Bonchev–Trinajstić information content (AvgIpc) is 3.15. The summed E-state index contributed by atoms with van der Waals surface area (Å²) in [7, 11) is 0. The Hall–Kier alpha value is -4.26. The van der Waals surface area contributed by atoms with Crippen molar-refractivity contribution in [3.63, 3.8) is 0 Å². The number of pyridine rings is 1. The number of rotatable bonds is 4. The van der Waals surface area contributed by atoms with Crippen molar-refractivity contribution >= 4 is 22.3 Å². The zero-order valence-corrected chi connectivity index (χ0v) is 18.6. The summed E-state index contributed by atoms with van der Waals surface area (Å²) in [5.74, 6) is -0.286. The molecule has 3 aromatic heterocycles. The van der Waals surface area contributed by atoms with Gasteiger partial charge in [0.2, 0.25) is 0 Å². The van der Waals surface area contributed by atoms with E-state index in [1.54, 1.807) is 34.5 Å². The number of carbonyl (C=O) groups is 1. The summed E-state index contributed by atoms with van der Waals surface area (Å²) in [6.45, 7) is 5.65. The van der Waals surface area contributed by atoms with Gasteiger partial charge in [0.1, 0.15) is 5.56 Å². The third kappa shape index (κ3) is 3.47. The summed E-state index contributed by atoms with van der Waals surface area (Å²) in [4.78, 5) is 31.2. The van der Waals surface area contributed by atoms with Gasteiger partial charge in [-0.15, -0.1) is 0 Å². The van der Waals surface area contributed by atoms with Crippen molar-refractivity contribution in [2.45, 2.75) is 26.8 Å². The minimum atomic E-state index is -0.451. The van der Waals surface area contributed by atoms with Crippen LogP contribution in [0.15, 0.2) is 77.9 Å². The van der Waals surface area contributed by atoms with Crippen molar-refractivity contribution in [2.24, 2.45) is 0 Å². The lowest BCUT2D eigenvalue weighted by Gasteiger charge is -2.21. The van der Waals surface area contributed by atoms with Gasteiger partial charge < -0.3 is 5.32 Å². The molecule has 0 aliphatic heterocycles. The van der Waals surface area contributed by atoms with Crippen LogP contribution in [-0.4, -0.2) is 25.1 Å². The van der Waals surface area contributed by atoms with Gasteiger partial charge in [0.15, 0.2) is 5.65 Å². The zero-order chi connectivity index (χ0) is 23.1. The molecule has 3 heterocycles. The van der Waals surface area contributed by atoms with E-state index in [1.807, 2.05) is 68.4 Å². The molecule has 0 saturated heterocycles. The lowest BCUT2D eigenvalue weighted by Crippen LogP contribution is -2.32. The fraction of sp³-hybridized carbons (Fsp3) is 0.154. The van der Waals surface area contributed by atoms with Gasteiger partial charge >= 0.3 is 0 Å². The van der Waals surface area contributed by atoms with Crippen LogP contribution < -0.4 is 10.9 Å². The summed E-state index contributed by atoms with van der Waals surface area (Å²) >= 11 is 0. The van der Waals surface area contributed by atoms with Crippen LogP contribution in [0.5, 0.6) is 0 Å². The minimum absolute atomic E-state index is 0.118. The quantitative estimate of drug-likeness (QED) is 0.458. The number of amides is 1. The Morgan fingerprint density at radius 3 is 2.58 bits per heavy atom. The number of benzene rings is 2. The molecule has 1 N–H and O–H groups in total. The summed E-state index contributed by atoms with van der Waals surface area (Å²) in [5.41, 5.74) is 3.84. The Kier molecular flexibility index (Phi) is 5.01. The van der Waals surface area contributed by atoms with Crippen molar-refractivity contribution < 1.29 is 4.79 Å². The predicted octanol–water partition coefficient (Wildman–Crippen LogP) is 4.14. The standard InChI is InChI=1S/C26H23N5O2/c1-16-9-7-12-20-21(16)15-22(31(26(20)33)19-10-5-4-6-11-19)17(2)28-25(32)23-18(3)29-30-14-8-13-27-24(23)30/h4-15,17H,1-3H3,(H,28,32)/t17-/m0/s1. The molecule has 1 amide bonds. The van der Waals surface area contributed by atoms with E-state index in [2.05, 4.69) is 15.4 Å². The second-order valence-electron chi connectivity index (χ2n) is 8.12. The molecular weight excluding hydrogens is 414 g/mol. The summed E-state index contributed by atoms with van der Waals surface area (Å²) in [6.07, 6.45) is 3.39. The van der Waals surface area contributed by atoms with Crippen molar-refractivity contribution in [2.75, 3.05) is 0 Å². The minimum Gasteiger partial charge on any atom is -0.344 e. The van der Waals surface area contributed by atoms with Crippen molar-refractivity contribution in [1.82, 2.24) is 24.5 Å². The van der Waals surface area contributed by atoms with Gasteiger partial charge in [-0.2, -0.15) is 5.10 Å². The highest BCUT2D eigenvalue weighted by Crippen LogP contribution is 2.24. The molecule has 0 bridgehead atoms. The maximum Gasteiger partial charge on any atom is 0.263 e. The summed E-state index contributed by atoms with van der Waals surface area (Å²) < 4.78 is 3.27. The molecule has 2 aromatic carbocycles. The summed E-state index contributed by atoms with van der Waals surface area (Å²) in [5, 5.41) is 8.96. The molecule has 0 radical (unpaired) electrons. The zero-order valence-electron chi connectivity index (χ0n) is 18.6. The van der Waals surface area contributed by atoms with E-state index >= 15 is 0 Å². The lowest BCUT2D eigenvalue weighted by atomic mass is 10.0. The molecule has 1 atom stereocenters. The first kappa shape index (κ1) is 20.6. The number of aromatic nitrogens is 4. The Labute approximate surface area is 190 Å². The third-order valence-electron chi connectivity index (χ3n) is 5.91. The Morgan fingerprint density at radius 2 is 1.79 bits per heavy atom. The first-order valence-electron chi connectivity index (χ1n) is 10.8. The number of hydrogen-bond acceptors (Lipinski definition) is 4. The molecule has 0 fully saturated rings. The van der Waals surface area contributed by atoms with Crippen LogP contribution >= 0.6 is 0 Å². The molecule has 5 aromatic rings. The molecule has 7 heteroatoms. The van der Waals surface area contributed by atoms with Gasteiger partial charge in [-0.05, 0) is 62.1 Å². The van der Waals surface area contributed by atoms with Crippen LogP contribution in [0.3, 0.4) is 0 Å². The lowest BCUT2D eigenvalue weighted by molar-refractivity contribution is 0.0939. The van der Waals surface area contributed by atoms with E-state index in [-0.39, 0.29) is 11.5 Å². The molecule has 0 aliphatic rings. The number of nitrogens with one attached hydrogen (secondary N) is 1. The Morgan fingerprint density at radius 1 is 1.00 bits per heavy atom. The number of nitrogens with zero attached hydrogens (tertiary/aromatic N) is 4. The normalized spacial score (nSPS) is 12.2. The molecule has 7 nitrogen and oxygen atoms in total. The molecule has 0 spiro atoms. The molecule has 5 rings (SSSR count). The number of para-hydroxylation sites is 1. The van der Waals surface area contributed by atoms with E-state index in [0.29, 0.717) is 28.0 Å². The third-order valence-corrected chi connectivity index (χ3v) is 5.91. The summed E-state index contributed by atoms with van der Waals surface area (Å²) in [6, 6.07) is 18.5. The van der Waals surface area contributed by atoms with E-state index < -0.39 is 6.04 Å². The van der Waals surface area contributed by atoms with Crippen LogP contribution in [0.2, 0.25) is 0 Å². The number of hydrogen-bond donors (Lipinski definition) is 1. The van der Waals surface area contributed by atoms with E-state index in [0.717, 1.165) is 16.6 Å². The van der Waals surface area contributed by atoms with Gasteiger partial charge in [-0.25, -0.2) is 9.50 Å². The monoisotopic (exact) mass is 437 g/mol. The number of aryl methyl sites for hydroxylation is 2. The van der Waals surface area contributed by atoms with Crippen molar-refractivity contribution in [3.8, 4) is 5.69 Å². The highest BCUT2D eigenvalue weighted by Gasteiger charge is 2.23. The molecule has 0 aliphatic carbocycles. The fourth-order valence-corrected chi connectivity index (χ4v) is 4.28. The molecule has 33 heavy (non-hydrogen) atoms. The maximum absolute atomic E-state index is 13.6. The number of fused-ring (bicyclic) bond motifs is 2. The van der Waals surface area contributed by atoms with Gasteiger partial charge in [0, 0.05) is 29.2 Å². The first-order chi connectivity index (χ1) is 16.0. The van der Waals surface area contributed by atoms with Gasteiger partial charge in [-0.1, -0.05) is 30.3 Å². The predicted molar refractivity (Wildman–Crippen MR) is 128 cm³/mol. The number of carbonyl (C=O) groups excluding carboxylic acids is 1. The highest BCUT2D eigenvalue weighted by atomic mass is 16.2. The van der Waals surface area contributed by atoms with E-state index in [9.17, 15) is 9.59 Å². The van der Waals surface area contributed by atoms with Crippen molar-refractivity contribution in [3.05, 3.63) is 106 Å². The molecule has 0 unspecified atom stereocenters. The Balaban J connectivity index is 1.64. The van der Waals surface area contributed by atoms with E-state index in [1.165, 1.54) is 0 Å². The van der Waals surface area contributed by atoms with Crippen molar-refractivity contribution in [1.29, 1.82) is 0 Å². The highest BCUT2D eigenvalue weighted by molar-refractivity contribution is 6.01. The SMILES string of the molecule is Cc1nn2cccnc2c1C(=O)N[C@@H](C)c1cc2c(C)cccc2c(=O)n1-c1ccccc1. The van der Waals surface area contributed by atoms with Crippen LogP contribution in [-0.2, 0) is 0 Å². The second-order valence-corrected chi connectivity index (χ2v) is 8.12.